The quantitative estimate of drug-likeness (QED) is 0.438. The smallest absolute Gasteiger partial charge is 0.406 e. The number of primary amides is 1. The standard InChI is InChI=1S/C24H23F6N3O2/c1-2-3-19(21(32)34)33(22(14-31)12-13-22)20(23(25,26)27)17-6-4-15(5-7-17)16-8-10-18(11-9-16)35-24(28,29)30/h4-11,19-20H,2-3,12-13H2,1H3,(H2,32,34)/t19-,20-/m0/s1. The van der Waals surface area contributed by atoms with Crippen LogP contribution in [0.2, 0.25) is 0 Å². The van der Waals surface area contributed by atoms with Gasteiger partial charge in [-0.05, 0) is 48.1 Å². The first-order valence-corrected chi connectivity index (χ1v) is 10.8. The molecule has 1 aliphatic carbocycles. The zero-order valence-electron chi connectivity index (χ0n) is 18.7. The summed E-state index contributed by atoms with van der Waals surface area (Å²) in [7, 11) is 0. The molecule has 188 valence electrons. The van der Waals surface area contributed by atoms with Crippen LogP contribution >= 0.6 is 0 Å². The molecular formula is C24H23F6N3O2. The average Bonchev–Trinajstić information content (AvgIpc) is 3.56. The maximum atomic E-state index is 14.4. The Morgan fingerprint density at radius 3 is 1.94 bits per heavy atom. The number of carbonyl (C=O) groups excluding carboxylic acids is 1. The van der Waals surface area contributed by atoms with Gasteiger partial charge in [0, 0.05) is 0 Å². The molecule has 35 heavy (non-hydrogen) atoms. The van der Waals surface area contributed by atoms with Gasteiger partial charge in [-0.15, -0.1) is 13.2 Å². The van der Waals surface area contributed by atoms with Crippen molar-refractivity contribution in [2.24, 2.45) is 5.73 Å². The minimum absolute atomic E-state index is 0.0653. The highest BCUT2D eigenvalue weighted by Gasteiger charge is 2.60. The highest BCUT2D eigenvalue weighted by molar-refractivity contribution is 5.80. The SMILES string of the molecule is CCC[C@@H](C(N)=O)N([C@@H](c1ccc(-c2ccc(OC(F)(F)F)cc2)cc1)C(F)(F)F)C1(C#N)CC1. The van der Waals surface area contributed by atoms with Crippen LogP contribution in [0.25, 0.3) is 11.1 Å². The van der Waals surface area contributed by atoms with E-state index in [9.17, 15) is 36.4 Å². The number of carbonyl (C=O) groups is 1. The number of alkyl halides is 6. The predicted octanol–water partition coefficient (Wildman–Crippen LogP) is 5.87. The van der Waals surface area contributed by atoms with Crippen LogP contribution in [0.5, 0.6) is 5.75 Å². The third-order valence-electron chi connectivity index (χ3n) is 5.89. The Hall–Kier alpha value is -3.26. The normalized spacial score (nSPS) is 16.9. The number of ether oxygens (including phenoxy) is 1. The van der Waals surface area contributed by atoms with Gasteiger partial charge in [0.15, 0.2) is 0 Å². The van der Waals surface area contributed by atoms with Crippen molar-refractivity contribution in [3.05, 3.63) is 54.1 Å². The molecule has 5 nitrogen and oxygen atoms in total. The number of benzene rings is 2. The summed E-state index contributed by atoms with van der Waals surface area (Å²) in [6.07, 6.45) is -8.82. The number of hydrogen-bond donors (Lipinski definition) is 1. The summed E-state index contributed by atoms with van der Waals surface area (Å²) in [4.78, 5) is 13.1. The van der Waals surface area contributed by atoms with Gasteiger partial charge in [-0.1, -0.05) is 49.7 Å². The maximum absolute atomic E-state index is 14.4. The number of nitriles is 1. The molecule has 0 radical (unpaired) electrons. The van der Waals surface area contributed by atoms with Crippen LogP contribution in [-0.2, 0) is 4.79 Å². The Bertz CT molecular complexity index is 1070. The first-order valence-electron chi connectivity index (χ1n) is 10.8. The van der Waals surface area contributed by atoms with E-state index in [-0.39, 0.29) is 24.8 Å². The van der Waals surface area contributed by atoms with Crippen molar-refractivity contribution in [1.82, 2.24) is 4.90 Å². The van der Waals surface area contributed by atoms with Crippen molar-refractivity contribution >= 4 is 5.91 Å². The van der Waals surface area contributed by atoms with E-state index in [1.54, 1.807) is 6.92 Å². The number of nitrogens with zero attached hydrogens (tertiary/aromatic N) is 2. The van der Waals surface area contributed by atoms with Gasteiger partial charge in [-0.3, -0.25) is 9.69 Å². The number of amides is 1. The fraction of sp³-hybridized carbons (Fsp3) is 0.417. The zero-order valence-corrected chi connectivity index (χ0v) is 18.7. The topological polar surface area (TPSA) is 79.3 Å². The van der Waals surface area contributed by atoms with Crippen LogP contribution in [0, 0.1) is 11.3 Å². The van der Waals surface area contributed by atoms with E-state index < -0.39 is 41.8 Å². The molecule has 0 spiro atoms. The van der Waals surface area contributed by atoms with Gasteiger partial charge in [0.05, 0.1) is 12.1 Å². The molecule has 11 heteroatoms. The maximum Gasteiger partial charge on any atom is 0.573 e. The molecule has 0 bridgehead atoms. The Balaban J connectivity index is 1.98. The minimum Gasteiger partial charge on any atom is -0.406 e. The van der Waals surface area contributed by atoms with Crippen molar-refractivity contribution in [3.63, 3.8) is 0 Å². The summed E-state index contributed by atoms with van der Waals surface area (Å²) in [5, 5.41) is 9.68. The minimum atomic E-state index is -4.84. The van der Waals surface area contributed by atoms with E-state index in [1.807, 2.05) is 6.07 Å². The zero-order chi connectivity index (χ0) is 26.0. The first-order chi connectivity index (χ1) is 16.3. The molecule has 0 aromatic heterocycles. The van der Waals surface area contributed by atoms with Crippen LogP contribution in [0.15, 0.2) is 48.5 Å². The summed E-state index contributed by atoms with van der Waals surface area (Å²) in [5.41, 5.74) is 4.77. The van der Waals surface area contributed by atoms with Crippen LogP contribution in [0.4, 0.5) is 26.3 Å². The summed E-state index contributed by atoms with van der Waals surface area (Å²) in [6, 6.07) is 8.59. The largest absolute Gasteiger partial charge is 0.573 e. The molecule has 2 aromatic rings. The van der Waals surface area contributed by atoms with Gasteiger partial charge in [-0.2, -0.15) is 18.4 Å². The highest BCUT2D eigenvalue weighted by atomic mass is 19.4. The Labute approximate surface area is 198 Å². The molecule has 0 unspecified atom stereocenters. The lowest BCUT2D eigenvalue weighted by atomic mass is 9.95. The third-order valence-corrected chi connectivity index (χ3v) is 5.89. The summed E-state index contributed by atoms with van der Waals surface area (Å²) in [6.45, 7) is 1.71. The lowest BCUT2D eigenvalue weighted by molar-refractivity contribution is -0.274. The molecule has 0 heterocycles. The number of nitrogens with two attached hydrogens (primary N) is 1. The predicted molar refractivity (Wildman–Crippen MR) is 115 cm³/mol. The molecule has 1 aliphatic rings. The van der Waals surface area contributed by atoms with Crippen molar-refractivity contribution < 1.29 is 35.9 Å². The van der Waals surface area contributed by atoms with Gasteiger partial charge in [-0.25, -0.2) is 0 Å². The number of rotatable bonds is 9. The van der Waals surface area contributed by atoms with E-state index in [1.165, 1.54) is 36.4 Å². The molecule has 3 rings (SSSR count). The first kappa shape index (κ1) is 26.3. The van der Waals surface area contributed by atoms with E-state index in [0.29, 0.717) is 17.5 Å². The van der Waals surface area contributed by atoms with Crippen molar-refractivity contribution in [1.29, 1.82) is 5.26 Å². The lowest BCUT2D eigenvalue weighted by Gasteiger charge is -2.41. The van der Waals surface area contributed by atoms with E-state index in [4.69, 9.17) is 5.73 Å². The van der Waals surface area contributed by atoms with Crippen molar-refractivity contribution in [2.45, 2.75) is 62.8 Å². The van der Waals surface area contributed by atoms with Crippen molar-refractivity contribution in [2.75, 3.05) is 0 Å². The van der Waals surface area contributed by atoms with Gasteiger partial charge in [0.25, 0.3) is 0 Å². The van der Waals surface area contributed by atoms with Crippen LogP contribution in [-0.4, -0.2) is 34.9 Å². The van der Waals surface area contributed by atoms with Crippen LogP contribution < -0.4 is 10.5 Å². The third kappa shape index (κ3) is 6.06. The number of halogens is 6. The highest BCUT2D eigenvalue weighted by Crippen LogP contribution is 2.51. The Morgan fingerprint density at radius 2 is 1.57 bits per heavy atom. The van der Waals surface area contributed by atoms with E-state index in [0.717, 1.165) is 17.0 Å². The summed E-state index contributed by atoms with van der Waals surface area (Å²) in [5.74, 6) is -1.36. The van der Waals surface area contributed by atoms with Gasteiger partial charge >= 0.3 is 12.5 Å². The second kappa shape index (κ2) is 9.77. The molecule has 2 atom stereocenters. The van der Waals surface area contributed by atoms with Crippen molar-refractivity contribution in [3.8, 4) is 22.9 Å². The second-order valence-corrected chi connectivity index (χ2v) is 8.40. The molecule has 1 fully saturated rings. The van der Waals surface area contributed by atoms with Gasteiger partial charge in [0.1, 0.15) is 17.3 Å². The molecule has 1 amide bonds. The monoisotopic (exact) mass is 499 g/mol. The molecule has 2 N–H and O–H groups in total. The lowest BCUT2D eigenvalue weighted by Crippen LogP contribution is -2.55. The summed E-state index contributed by atoms with van der Waals surface area (Å²) >= 11 is 0. The van der Waals surface area contributed by atoms with E-state index >= 15 is 0 Å². The second-order valence-electron chi connectivity index (χ2n) is 8.40. The summed E-state index contributed by atoms with van der Waals surface area (Å²) < 4.78 is 84.1. The molecule has 1 saturated carbocycles. The molecule has 2 aromatic carbocycles. The van der Waals surface area contributed by atoms with Crippen LogP contribution in [0.1, 0.15) is 44.2 Å². The molecule has 0 aliphatic heterocycles. The van der Waals surface area contributed by atoms with E-state index in [2.05, 4.69) is 4.74 Å². The fourth-order valence-electron chi connectivity index (χ4n) is 4.18. The van der Waals surface area contributed by atoms with Crippen LogP contribution in [0.3, 0.4) is 0 Å². The Kier molecular flexibility index (Phi) is 7.36. The molecular weight excluding hydrogens is 476 g/mol. The van der Waals surface area contributed by atoms with Gasteiger partial charge < -0.3 is 10.5 Å². The van der Waals surface area contributed by atoms with Gasteiger partial charge in [0.2, 0.25) is 5.91 Å². The Morgan fingerprint density at radius 1 is 1.06 bits per heavy atom. The average molecular weight is 499 g/mol. The molecule has 0 saturated heterocycles. The number of hydrogen-bond acceptors (Lipinski definition) is 4. The fourth-order valence-corrected chi connectivity index (χ4v) is 4.18.